The van der Waals surface area contributed by atoms with E-state index >= 15 is 0 Å². The van der Waals surface area contributed by atoms with E-state index in [0.29, 0.717) is 6.61 Å². The molecule has 0 saturated carbocycles. The molecule has 3 heteroatoms. The molecule has 0 fully saturated rings. The minimum Gasteiger partial charge on any atom is -0.388 e. The summed E-state index contributed by atoms with van der Waals surface area (Å²) in [6.07, 6.45) is -0.602. The number of aliphatic hydroxyl groups is 1. The molecule has 1 atom stereocenters. The van der Waals surface area contributed by atoms with Gasteiger partial charge in [-0.05, 0) is 6.92 Å². The molecule has 1 N–H and O–H groups in total. The Kier molecular flexibility index (Phi) is 5.93. The molecule has 0 saturated heterocycles. The summed E-state index contributed by atoms with van der Waals surface area (Å²) in [6.45, 7) is 2.87. The summed E-state index contributed by atoms with van der Waals surface area (Å²) in [5.41, 5.74) is 0. The number of rotatable bonds is 5. The first-order valence-corrected chi connectivity index (χ1v) is 2.88. The Bertz CT molecular complexity index is 56.3. The molecule has 2 radical (unpaired) electrons. The SMILES string of the molecule is [CH]OCC(O)COCC. The molecule has 0 aromatic carbocycles. The average Bonchev–Trinajstić information content (AvgIpc) is 1.85. The van der Waals surface area contributed by atoms with Crippen molar-refractivity contribution in [2.75, 3.05) is 19.8 Å². The zero-order chi connectivity index (χ0) is 7.11. The van der Waals surface area contributed by atoms with E-state index in [-0.39, 0.29) is 13.2 Å². The van der Waals surface area contributed by atoms with Crippen molar-refractivity contribution in [3.05, 3.63) is 7.11 Å². The fourth-order valence-corrected chi connectivity index (χ4v) is 0.413. The van der Waals surface area contributed by atoms with Gasteiger partial charge in [0.05, 0.1) is 13.2 Å². The number of hydrogen-bond donors (Lipinski definition) is 1. The fourth-order valence-electron chi connectivity index (χ4n) is 0.413. The Labute approximate surface area is 55.6 Å². The highest BCUT2D eigenvalue weighted by Crippen LogP contribution is 1.85. The summed E-state index contributed by atoms with van der Waals surface area (Å²) in [5, 5.41) is 8.85. The molecule has 0 bridgehead atoms. The molecule has 9 heavy (non-hydrogen) atoms. The molecule has 0 aromatic heterocycles. The lowest BCUT2D eigenvalue weighted by Gasteiger charge is -2.07. The Morgan fingerprint density at radius 1 is 1.56 bits per heavy atom. The van der Waals surface area contributed by atoms with E-state index in [4.69, 9.17) is 9.84 Å². The van der Waals surface area contributed by atoms with Crippen LogP contribution in [0.15, 0.2) is 0 Å². The van der Waals surface area contributed by atoms with Crippen molar-refractivity contribution in [3.8, 4) is 0 Å². The van der Waals surface area contributed by atoms with E-state index in [1.54, 1.807) is 0 Å². The number of aliphatic hydroxyl groups excluding tert-OH is 1. The van der Waals surface area contributed by atoms with Crippen LogP contribution < -0.4 is 0 Å². The van der Waals surface area contributed by atoms with Gasteiger partial charge in [0.15, 0.2) is 0 Å². The van der Waals surface area contributed by atoms with E-state index in [2.05, 4.69) is 11.8 Å². The van der Waals surface area contributed by atoms with Crippen molar-refractivity contribution in [2.45, 2.75) is 13.0 Å². The number of hydrogen-bond acceptors (Lipinski definition) is 3. The smallest absolute Gasteiger partial charge is 0.115 e. The Hall–Kier alpha value is -0.120. The molecule has 54 valence electrons. The van der Waals surface area contributed by atoms with Gasteiger partial charge >= 0.3 is 0 Å². The lowest BCUT2D eigenvalue weighted by molar-refractivity contribution is 0.00496. The summed E-state index contributed by atoms with van der Waals surface area (Å²) in [6, 6.07) is 0. The monoisotopic (exact) mass is 132 g/mol. The van der Waals surface area contributed by atoms with Crippen LogP contribution in [-0.4, -0.2) is 31.0 Å². The van der Waals surface area contributed by atoms with Crippen molar-refractivity contribution in [1.82, 2.24) is 0 Å². The minimum atomic E-state index is -0.602. The zero-order valence-corrected chi connectivity index (χ0v) is 5.54. The third-order valence-electron chi connectivity index (χ3n) is 0.803. The third kappa shape index (κ3) is 5.76. The second-order valence-electron chi connectivity index (χ2n) is 1.65. The topological polar surface area (TPSA) is 38.7 Å². The van der Waals surface area contributed by atoms with Crippen molar-refractivity contribution < 1.29 is 14.6 Å². The van der Waals surface area contributed by atoms with Crippen LogP contribution in [0.5, 0.6) is 0 Å². The van der Waals surface area contributed by atoms with Gasteiger partial charge < -0.3 is 14.6 Å². The summed E-state index contributed by atoms with van der Waals surface area (Å²) in [5.74, 6) is 0. The summed E-state index contributed by atoms with van der Waals surface area (Å²) in [7, 11) is 4.69. The molecule has 1 unspecified atom stereocenters. The molecule has 0 aliphatic heterocycles. The standard InChI is InChI=1S/C6H12O3/c1-3-9-5-6(7)4-8-2/h2,6-7H,3-5H2,1H3. The van der Waals surface area contributed by atoms with Crippen LogP contribution in [0.3, 0.4) is 0 Å². The predicted molar refractivity (Wildman–Crippen MR) is 32.8 cm³/mol. The Morgan fingerprint density at radius 2 is 2.22 bits per heavy atom. The molecule has 0 heterocycles. The fraction of sp³-hybridized carbons (Fsp3) is 0.833. The van der Waals surface area contributed by atoms with Crippen LogP contribution in [0, 0.1) is 7.11 Å². The van der Waals surface area contributed by atoms with Crippen LogP contribution in [0.1, 0.15) is 6.92 Å². The van der Waals surface area contributed by atoms with Crippen LogP contribution >= 0.6 is 0 Å². The highest BCUT2D eigenvalue weighted by Gasteiger charge is 2.00. The molecule has 0 rings (SSSR count). The third-order valence-corrected chi connectivity index (χ3v) is 0.803. The van der Waals surface area contributed by atoms with Crippen LogP contribution in [-0.2, 0) is 9.47 Å². The van der Waals surface area contributed by atoms with Gasteiger partial charge in [-0.1, -0.05) is 0 Å². The second kappa shape index (κ2) is 6.01. The highest BCUT2D eigenvalue weighted by atomic mass is 16.5. The zero-order valence-electron chi connectivity index (χ0n) is 5.54. The van der Waals surface area contributed by atoms with Crippen molar-refractivity contribution in [2.24, 2.45) is 0 Å². The summed E-state index contributed by atoms with van der Waals surface area (Å²) >= 11 is 0. The van der Waals surface area contributed by atoms with Crippen molar-refractivity contribution in [1.29, 1.82) is 0 Å². The van der Waals surface area contributed by atoms with E-state index in [1.807, 2.05) is 6.92 Å². The Balaban J connectivity index is 2.95. The largest absolute Gasteiger partial charge is 0.388 e. The molecule has 0 spiro atoms. The van der Waals surface area contributed by atoms with Crippen LogP contribution in [0.4, 0.5) is 0 Å². The normalized spacial score (nSPS) is 13.7. The molecule has 0 amide bonds. The maximum Gasteiger partial charge on any atom is 0.115 e. The molecule has 0 aliphatic rings. The van der Waals surface area contributed by atoms with E-state index in [9.17, 15) is 0 Å². The van der Waals surface area contributed by atoms with Gasteiger partial charge in [0.25, 0.3) is 0 Å². The van der Waals surface area contributed by atoms with Crippen LogP contribution in [0.2, 0.25) is 0 Å². The van der Waals surface area contributed by atoms with Gasteiger partial charge in [-0.3, -0.25) is 0 Å². The van der Waals surface area contributed by atoms with E-state index in [1.165, 1.54) is 0 Å². The molecule has 0 aliphatic carbocycles. The van der Waals surface area contributed by atoms with Gasteiger partial charge in [-0.2, -0.15) is 0 Å². The predicted octanol–water partition coefficient (Wildman–Crippen LogP) is 0.0690. The molecule has 0 aromatic rings. The first-order valence-electron chi connectivity index (χ1n) is 2.88. The van der Waals surface area contributed by atoms with Crippen LogP contribution in [0.25, 0.3) is 0 Å². The van der Waals surface area contributed by atoms with Gasteiger partial charge in [0.1, 0.15) is 13.2 Å². The summed E-state index contributed by atoms with van der Waals surface area (Å²) < 4.78 is 9.03. The number of ether oxygens (including phenoxy) is 2. The summed E-state index contributed by atoms with van der Waals surface area (Å²) in [4.78, 5) is 0. The van der Waals surface area contributed by atoms with E-state index < -0.39 is 6.10 Å². The maximum absolute atomic E-state index is 8.85. The van der Waals surface area contributed by atoms with Gasteiger partial charge in [-0.15, -0.1) is 0 Å². The highest BCUT2D eigenvalue weighted by molar-refractivity contribution is 4.49. The van der Waals surface area contributed by atoms with Gasteiger partial charge in [0.2, 0.25) is 0 Å². The van der Waals surface area contributed by atoms with E-state index in [0.717, 1.165) is 0 Å². The Morgan fingerprint density at radius 3 is 2.67 bits per heavy atom. The lowest BCUT2D eigenvalue weighted by atomic mass is 10.4. The first-order chi connectivity index (χ1) is 4.31. The quantitative estimate of drug-likeness (QED) is 0.575. The molecule has 3 nitrogen and oxygen atoms in total. The molecular weight excluding hydrogens is 120 g/mol. The average molecular weight is 132 g/mol. The van der Waals surface area contributed by atoms with Gasteiger partial charge in [0, 0.05) is 6.61 Å². The first kappa shape index (κ1) is 8.88. The van der Waals surface area contributed by atoms with Gasteiger partial charge in [-0.25, -0.2) is 0 Å². The maximum atomic E-state index is 8.85. The van der Waals surface area contributed by atoms with Crippen molar-refractivity contribution >= 4 is 0 Å². The minimum absolute atomic E-state index is 0.125. The lowest BCUT2D eigenvalue weighted by Crippen LogP contribution is -2.20. The van der Waals surface area contributed by atoms with Crippen molar-refractivity contribution in [3.63, 3.8) is 0 Å². The second-order valence-corrected chi connectivity index (χ2v) is 1.65. The molecular formula is C6H12O3.